The first-order valence-electron chi connectivity index (χ1n) is 3.08. The van der Waals surface area contributed by atoms with Crippen LogP contribution in [-0.2, 0) is 6.42 Å². The van der Waals surface area contributed by atoms with E-state index in [0.717, 1.165) is 4.88 Å². The highest BCUT2D eigenvalue weighted by molar-refractivity contribution is 7.06. The fraction of sp³-hybridized carbons (Fsp3) is 0.500. The summed E-state index contributed by atoms with van der Waals surface area (Å²) < 4.78 is 8.79. The van der Waals surface area contributed by atoms with Crippen molar-refractivity contribution in [2.45, 2.75) is 6.42 Å². The predicted octanol–water partition coefficient (Wildman–Crippen LogP) is 1.34. The quantitative estimate of drug-likeness (QED) is 0.788. The van der Waals surface area contributed by atoms with Crippen molar-refractivity contribution in [1.82, 2.24) is 4.37 Å². The zero-order valence-electron chi connectivity index (χ0n) is 6.00. The number of methoxy groups -OCH3 is 1. The van der Waals surface area contributed by atoms with Gasteiger partial charge in [-0.05, 0) is 11.5 Å². The Kier molecular flexibility index (Phi) is 3.11. The molecule has 0 aromatic carbocycles. The second kappa shape index (κ2) is 3.90. The van der Waals surface area contributed by atoms with E-state index in [2.05, 4.69) is 4.37 Å². The maximum atomic E-state index is 8.61. The van der Waals surface area contributed by atoms with Crippen molar-refractivity contribution < 1.29 is 9.84 Å². The van der Waals surface area contributed by atoms with Crippen LogP contribution < -0.4 is 4.74 Å². The maximum absolute atomic E-state index is 8.61. The van der Waals surface area contributed by atoms with Crippen LogP contribution in [0.2, 0.25) is 5.02 Å². The summed E-state index contributed by atoms with van der Waals surface area (Å²) in [7, 11) is 1.52. The average Bonchev–Trinajstić information content (AvgIpc) is 2.34. The smallest absolute Gasteiger partial charge is 0.244 e. The van der Waals surface area contributed by atoms with Gasteiger partial charge >= 0.3 is 0 Å². The van der Waals surface area contributed by atoms with Gasteiger partial charge in [-0.2, -0.15) is 4.37 Å². The zero-order chi connectivity index (χ0) is 8.27. The number of aliphatic hydroxyl groups is 1. The monoisotopic (exact) mass is 193 g/mol. The molecule has 1 aromatic heterocycles. The van der Waals surface area contributed by atoms with Crippen molar-refractivity contribution in [2.24, 2.45) is 0 Å². The van der Waals surface area contributed by atoms with E-state index in [-0.39, 0.29) is 6.61 Å². The number of ether oxygens (including phenoxy) is 1. The molecular formula is C6H8ClNO2S. The summed E-state index contributed by atoms with van der Waals surface area (Å²) in [4.78, 5) is 0.867. The second-order valence-corrected chi connectivity index (χ2v) is 3.14. The molecule has 0 aliphatic heterocycles. The Hall–Kier alpha value is -0.320. The van der Waals surface area contributed by atoms with Crippen LogP contribution in [0.15, 0.2) is 0 Å². The van der Waals surface area contributed by atoms with E-state index >= 15 is 0 Å². The van der Waals surface area contributed by atoms with Gasteiger partial charge in [-0.25, -0.2) is 0 Å². The van der Waals surface area contributed by atoms with Gasteiger partial charge in [0.05, 0.1) is 12.0 Å². The molecule has 11 heavy (non-hydrogen) atoms. The standard InChI is InChI=1S/C6H8ClNO2S/c1-10-6-5(7)4(2-3-9)11-8-6/h9H,2-3H2,1H3. The van der Waals surface area contributed by atoms with Crippen molar-refractivity contribution in [3.63, 3.8) is 0 Å². The lowest BCUT2D eigenvalue weighted by molar-refractivity contribution is 0.300. The van der Waals surface area contributed by atoms with Crippen molar-refractivity contribution >= 4 is 23.1 Å². The van der Waals surface area contributed by atoms with E-state index in [4.69, 9.17) is 21.4 Å². The Morgan fingerprint density at radius 2 is 2.45 bits per heavy atom. The van der Waals surface area contributed by atoms with Gasteiger partial charge in [0.15, 0.2) is 0 Å². The van der Waals surface area contributed by atoms with Gasteiger partial charge in [0.25, 0.3) is 0 Å². The fourth-order valence-electron chi connectivity index (χ4n) is 0.680. The van der Waals surface area contributed by atoms with Crippen LogP contribution in [0.5, 0.6) is 5.88 Å². The molecule has 1 aromatic rings. The van der Waals surface area contributed by atoms with E-state index < -0.39 is 0 Å². The van der Waals surface area contributed by atoms with Crippen molar-refractivity contribution in [3.8, 4) is 5.88 Å². The van der Waals surface area contributed by atoms with Gasteiger partial charge in [-0.15, -0.1) is 0 Å². The molecule has 5 heteroatoms. The Bertz CT molecular complexity index is 238. The molecule has 0 atom stereocenters. The maximum Gasteiger partial charge on any atom is 0.244 e. The molecule has 3 nitrogen and oxygen atoms in total. The minimum Gasteiger partial charge on any atom is -0.479 e. The van der Waals surface area contributed by atoms with Gasteiger partial charge in [-0.3, -0.25) is 0 Å². The first-order chi connectivity index (χ1) is 5.29. The van der Waals surface area contributed by atoms with Crippen LogP contribution in [0.25, 0.3) is 0 Å². The number of halogens is 1. The van der Waals surface area contributed by atoms with Gasteiger partial charge < -0.3 is 9.84 Å². The molecule has 0 aliphatic rings. The Balaban J connectivity index is 2.82. The Morgan fingerprint density at radius 3 is 2.91 bits per heavy atom. The molecule has 0 saturated heterocycles. The second-order valence-electron chi connectivity index (χ2n) is 1.90. The molecule has 62 valence electrons. The average molecular weight is 194 g/mol. The van der Waals surface area contributed by atoms with Crippen molar-refractivity contribution in [3.05, 3.63) is 9.90 Å². The summed E-state index contributed by atoms with van der Waals surface area (Å²) in [5, 5.41) is 9.13. The predicted molar refractivity (Wildman–Crippen MR) is 44.5 cm³/mol. The molecule has 1 rings (SSSR count). The van der Waals surface area contributed by atoms with Crippen LogP contribution in [-0.4, -0.2) is 23.2 Å². The van der Waals surface area contributed by atoms with Crippen LogP contribution in [0.1, 0.15) is 4.88 Å². The molecule has 0 radical (unpaired) electrons. The molecule has 0 spiro atoms. The van der Waals surface area contributed by atoms with Crippen LogP contribution in [0.3, 0.4) is 0 Å². The summed E-state index contributed by atoms with van der Waals surface area (Å²) in [5.74, 6) is 0.445. The van der Waals surface area contributed by atoms with E-state index in [1.807, 2.05) is 0 Å². The minimum atomic E-state index is 0.0884. The molecule has 0 unspecified atom stereocenters. The lowest BCUT2D eigenvalue weighted by Crippen LogP contribution is -1.87. The number of rotatable bonds is 3. The van der Waals surface area contributed by atoms with Gasteiger partial charge in [-0.1, -0.05) is 11.6 Å². The van der Waals surface area contributed by atoms with Crippen LogP contribution in [0, 0.1) is 0 Å². The van der Waals surface area contributed by atoms with Crippen LogP contribution >= 0.6 is 23.1 Å². The summed E-state index contributed by atoms with van der Waals surface area (Å²) in [6, 6.07) is 0. The number of nitrogens with zero attached hydrogens (tertiary/aromatic N) is 1. The highest BCUT2D eigenvalue weighted by atomic mass is 35.5. The number of hydrogen-bond acceptors (Lipinski definition) is 4. The third kappa shape index (κ3) is 1.83. The molecule has 0 amide bonds. The highest BCUT2D eigenvalue weighted by Crippen LogP contribution is 2.30. The van der Waals surface area contributed by atoms with E-state index in [9.17, 15) is 0 Å². The van der Waals surface area contributed by atoms with E-state index in [0.29, 0.717) is 17.3 Å². The third-order valence-corrected chi connectivity index (χ3v) is 2.59. The lowest BCUT2D eigenvalue weighted by Gasteiger charge is -1.93. The molecule has 0 bridgehead atoms. The van der Waals surface area contributed by atoms with E-state index in [1.165, 1.54) is 18.6 Å². The van der Waals surface area contributed by atoms with Crippen LogP contribution in [0.4, 0.5) is 0 Å². The first-order valence-corrected chi connectivity index (χ1v) is 4.23. The Labute approximate surface area is 73.7 Å². The zero-order valence-corrected chi connectivity index (χ0v) is 7.58. The summed E-state index contributed by atoms with van der Waals surface area (Å²) in [6.07, 6.45) is 0.542. The summed E-state index contributed by atoms with van der Waals surface area (Å²) >= 11 is 7.07. The largest absolute Gasteiger partial charge is 0.479 e. The lowest BCUT2D eigenvalue weighted by atomic mass is 10.4. The fourth-order valence-corrected chi connectivity index (χ4v) is 1.76. The third-order valence-electron chi connectivity index (χ3n) is 1.20. The van der Waals surface area contributed by atoms with Crippen molar-refractivity contribution in [2.75, 3.05) is 13.7 Å². The molecule has 0 saturated carbocycles. The summed E-state index contributed by atoms with van der Waals surface area (Å²) in [6.45, 7) is 0.0884. The SMILES string of the molecule is COc1nsc(CCO)c1Cl. The van der Waals surface area contributed by atoms with Crippen molar-refractivity contribution in [1.29, 1.82) is 0 Å². The normalized spacial score (nSPS) is 10.1. The van der Waals surface area contributed by atoms with Gasteiger partial charge in [0, 0.05) is 13.0 Å². The van der Waals surface area contributed by atoms with Gasteiger partial charge in [0.1, 0.15) is 5.02 Å². The topological polar surface area (TPSA) is 42.4 Å². The first kappa shape index (κ1) is 8.77. The Morgan fingerprint density at radius 1 is 1.73 bits per heavy atom. The molecule has 0 fully saturated rings. The number of aliphatic hydroxyl groups excluding tert-OH is 1. The minimum absolute atomic E-state index is 0.0884. The highest BCUT2D eigenvalue weighted by Gasteiger charge is 2.10. The van der Waals surface area contributed by atoms with Gasteiger partial charge in [0.2, 0.25) is 5.88 Å². The summed E-state index contributed by atoms with van der Waals surface area (Å²) in [5.41, 5.74) is 0. The molecule has 1 heterocycles. The molecule has 0 aliphatic carbocycles. The molecular weight excluding hydrogens is 186 g/mol. The number of aromatic nitrogens is 1. The molecule has 1 N–H and O–H groups in total. The number of hydrogen-bond donors (Lipinski definition) is 1. The van der Waals surface area contributed by atoms with E-state index in [1.54, 1.807) is 0 Å².